The van der Waals surface area contributed by atoms with Crippen LogP contribution in [0.4, 0.5) is 0 Å². The largest absolute Gasteiger partial charge is 0.490 e. The van der Waals surface area contributed by atoms with Crippen molar-refractivity contribution < 1.29 is 23.8 Å². The predicted octanol–water partition coefficient (Wildman–Crippen LogP) is 4.08. The molecule has 0 bridgehead atoms. The summed E-state index contributed by atoms with van der Waals surface area (Å²) in [6.07, 6.45) is 0. The summed E-state index contributed by atoms with van der Waals surface area (Å²) in [5.41, 5.74) is 6.19. The molecule has 2 aromatic carbocycles. The molecule has 2 N–H and O–H groups in total. The lowest BCUT2D eigenvalue weighted by molar-refractivity contribution is 0.0844. The minimum atomic E-state index is -0.526. The van der Waals surface area contributed by atoms with Crippen LogP contribution in [-0.4, -0.2) is 36.6 Å². The van der Waals surface area contributed by atoms with Crippen LogP contribution in [0.25, 0.3) is 10.6 Å². The van der Waals surface area contributed by atoms with Crippen molar-refractivity contribution in [2.45, 2.75) is 20.8 Å². The molecular weight excluding hydrogens is 430 g/mol. The molecule has 0 unspecified atom stereocenters. The highest BCUT2D eigenvalue weighted by atomic mass is 32.1. The van der Waals surface area contributed by atoms with Gasteiger partial charge in [-0.2, -0.15) is 0 Å². The third-order valence-electron chi connectivity index (χ3n) is 4.22. The smallest absolute Gasteiger partial charge is 0.289 e. The number of rotatable bonds is 9. The number of hydrogen-bond donors (Lipinski definition) is 2. The Labute approximate surface area is 190 Å². The Morgan fingerprint density at radius 1 is 0.875 bits per heavy atom. The van der Waals surface area contributed by atoms with E-state index in [1.165, 1.54) is 11.3 Å². The van der Waals surface area contributed by atoms with Gasteiger partial charge < -0.3 is 14.2 Å². The molecule has 0 aliphatic heterocycles. The summed E-state index contributed by atoms with van der Waals surface area (Å²) in [5, 5.41) is 2.36. The first-order valence-corrected chi connectivity index (χ1v) is 11.1. The summed E-state index contributed by atoms with van der Waals surface area (Å²) in [7, 11) is 0. The molecule has 3 aromatic rings. The Hall–Kier alpha value is -3.59. The topological polar surface area (TPSA) is 98.8 Å². The van der Waals surface area contributed by atoms with E-state index in [1.54, 1.807) is 17.5 Å². The molecule has 0 spiro atoms. The third kappa shape index (κ3) is 5.55. The fourth-order valence-corrected chi connectivity index (χ4v) is 3.67. The van der Waals surface area contributed by atoms with Crippen molar-refractivity contribution in [3.05, 3.63) is 59.1 Å². The third-order valence-corrected chi connectivity index (χ3v) is 5.11. The molecule has 2 amide bonds. The molecule has 3 rings (SSSR count). The van der Waals surface area contributed by atoms with Crippen LogP contribution in [0.3, 0.4) is 0 Å². The average Bonchev–Trinajstić information content (AvgIpc) is 3.30. The normalized spacial score (nSPS) is 10.3. The van der Waals surface area contributed by atoms with E-state index in [0.29, 0.717) is 37.1 Å². The molecule has 1 aromatic heterocycles. The number of benzene rings is 2. The van der Waals surface area contributed by atoms with Crippen molar-refractivity contribution in [1.82, 2.24) is 15.8 Å². The Balaban J connectivity index is 1.72. The van der Waals surface area contributed by atoms with Crippen LogP contribution in [0.5, 0.6) is 17.2 Å². The zero-order chi connectivity index (χ0) is 22.9. The zero-order valence-corrected chi connectivity index (χ0v) is 19.0. The highest BCUT2D eigenvalue weighted by Crippen LogP contribution is 2.39. The fourth-order valence-electron chi connectivity index (χ4n) is 2.86. The van der Waals surface area contributed by atoms with Crippen molar-refractivity contribution in [2.24, 2.45) is 0 Å². The SMILES string of the molecule is CCOc1cc(C(=O)NNC(=O)c2csc(-c3ccccc3)n2)cc(OCC)c1OCC. The van der Waals surface area contributed by atoms with Crippen LogP contribution in [0.15, 0.2) is 47.8 Å². The summed E-state index contributed by atoms with van der Waals surface area (Å²) in [6, 6.07) is 12.7. The molecule has 1 heterocycles. The molecule has 32 heavy (non-hydrogen) atoms. The summed E-state index contributed by atoms with van der Waals surface area (Å²) in [6.45, 7) is 6.72. The number of hydrazine groups is 1. The maximum absolute atomic E-state index is 12.7. The second-order valence-electron chi connectivity index (χ2n) is 6.41. The Kier molecular flexibility index (Phi) is 8.04. The van der Waals surface area contributed by atoms with Gasteiger partial charge in [-0.25, -0.2) is 4.98 Å². The van der Waals surface area contributed by atoms with Crippen LogP contribution >= 0.6 is 11.3 Å². The average molecular weight is 456 g/mol. The predicted molar refractivity (Wildman–Crippen MR) is 122 cm³/mol. The minimum Gasteiger partial charge on any atom is -0.490 e. The number of aromatic nitrogens is 1. The van der Waals surface area contributed by atoms with Crippen LogP contribution in [0, 0.1) is 0 Å². The lowest BCUT2D eigenvalue weighted by atomic mass is 10.1. The molecule has 9 heteroatoms. The van der Waals surface area contributed by atoms with Crippen molar-refractivity contribution in [3.63, 3.8) is 0 Å². The van der Waals surface area contributed by atoms with Gasteiger partial charge in [0.25, 0.3) is 11.8 Å². The molecule has 0 atom stereocenters. The van der Waals surface area contributed by atoms with E-state index in [0.717, 1.165) is 10.6 Å². The van der Waals surface area contributed by atoms with Gasteiger partial charge in [0.1, 0.15) is 10.7 Å². The molecule has 8 nitrogen and oxygen atoms in total. The van der Waals surface area contributed by atoms with Gasteiger partial charge in [-0.1, -0.05) is 30.3 Å². The quantitative estimate of drug-likeness (QED) is 0.472. The summed E-state index contributed by atoms with van der Waals surface area (Å²) < 4.78 is 16.9. The van der Waals surface area contributed by atoms with Crippen LogP contribution in [0.1, 0.15) is 41.6 Å². The number of ether oxygens (including phenoxy) is 3. The van der Waals surface area contributed by atoms with E-state index < -0.39 is 11.8 Å². The molecule has 0 fully saturated rings. The first kappa shape index (κ1) is 23.1. The molecule has 168 valence electrons. The number of carbonyl (C=O) groups is 2. The number of nitrogens with zero attached hydrogens (tertiary/aromatic N) is 1. The molecule has 0 radical (unpaired) electrons. The van der Waals surface area contributed by atoms with Crippen molar-refractivity contribution in [2.75, 3.05) is 19.8 Å². The van der Waals surface area contributed by atoms with E-state index in [-0.39, 0.29) is 11.3 Å². The van der Waals surface area contributed by atoms with Gasteiger partial charge in [-0.05, 0) is 32.9 Å². The van der Waals surface area contributed by atoms with Crippen molar-refractivity contribution in [1.29, 1.82) is 0 Å². The Morgan fingerprint density at radius 2 is 1.47 bits per heavy atom. The second kappa shape index (κ2) is 11.1. The van der Waals surface area contributed by atoms with E-state index >= 15 is 0 Å². The number of carbonyl (C=O) groups excluding carboxylic acids is 2. The monoisotopic (exact) mass is 455 g/mol. The van der Waals surface area contributed by atoms with Crippen LogP contribution in [-0.2, 0) is 0 Å². The highest BCUT2D eigenvalue weighted by Gasteiger charge is 2.19. The summed E-state index contributed by atoms with van der Waals surface area (Å²) in [5.74, 6) is 0.180. The Morgan fingerprint density at radius 3 is 2.06 bits per heavy atom. The number of nitrogens with one attached hydrogen (secondary N) is 2. The Bertz CT molecular complexity index is 1040. The van der Waals surface area contributed by atoms with E-state index in [9.17, 15) is 9.59 Å². The standard InChI is InChI=1S/C23H25N3O5S/c1-4-29-18-12-16(13-19(30-5-2)20(18)31-6-3)21(27)25-26-22(28)17-14-32-23(24-17)15-10-8-7-9-11-15/h7-14H,4-6H2,1-3H3,(H,25,27)(H,26,28). The van der Waals surface area contributed by atoms with E-state index in [2.05, 4.69) is 15.8 Å². The van der Waals surface area contributed by atoms with E-state index in [4.69, 9.17) is 14.2 Å². The second-order valence-corrected chi connectivity index (χ2v) is 7.27. The van der Waals surface area contributed by atoms with Gasteiger partial charge in [0.2, 0.25) is 5.75 Å². The summed E-state index contributed by atoms with van der Waals surface area (Å²) in [4.78, 5) is 29.5. The van der Waals surface area contributed by atoms with Crippen molar-refractivity contribution in [3.8, 4) is 27.8 Å². The zero-order valence-electron chi connectivity index (χ0n) is 18.1. The molecule has 0 saturated carbocycles. The highest BCUT2D eigenvalue weighted by molar-refractivity contribution is 7.13. The number of amides is 2. The minimum absolute atomic E-state index is 0.214. The van der Waals surface area contributed by atoms with Gasteiger partial charge >= 0.3 is 0 Å². The van der Waals surface area contributed by atoms with Gasteiger partial charge in [-0.3, -0.25) is 20.4 Å². The van der Waals surface area contributed by atoms with Gasteiger partial charge in [0.15, 0.2) is 11.5 Å². The van der Waals surface area contributed by atoms with E-state index in [1.807, 2.05) is 51.1 Å². The lowest BCUT2D eigenvalue weighted by Gasteiger charge is -2.17. The van der Waals surface area contributed by atoms with Crippen molar-refractivity contribution >= 4 is 23.2 Å². The maximum Gasteiger partial charge on any atom is 0.289 e. The fraction of sp³-hybridized carbons (Fsp3) is 0.261. The van der Waals surface area contributed by atoms with Gasteiger partial charge in [0.05, 0.1) is 19.8 Å². The lowest BCUT2D eigenvalue weighted by Crippen LogP contribution is -2.41. The first-order chi connectivity index (χ1) is 15.6. The van der Waals surface area contributed by atoms with Gasteiger partial charge in [0, 0.05) is 16.5 Å². The van der Waals surface area contributed by atoms with Gasteiger partial charge in [-0.15, -0.1) is 11.3 Å². The van der Waals surface area contributed by atoms with Crippen LogP contribution < -0.4 is 25.1 Å². The summed E-state index contributed by atoms with van der Waals surface area (Å²) >= 11 is 1.35. The number of thiazole rings is 1. The van der Waals surface area contributed by atoms with Crippen LogP contribution in [0.2, 0.25) is 0 Å². The molecule has 0 aliphatic carbocycles. The maximum atomic E-state index is 12.7. The first-order valence-electron chi connectivity index (χ1n) is 10.2. The molecule has 0 saturated heterocycles. The molecular formula is C23H25N3O5S. The molecule has 0 aliphatic rings. The number of hydrogen-bond acceptors (Lipinski definition) is 7.